The molecule has 0 aromatic rings. The molecular weight excluding hydrogens is 146 g/mol. The number of rotatable bonds is 2. The van der Waals surface area contributed by atoms with E-state index in [1.54, 1.807) is 0 Å². The number of likely N-dealkylation sites (tertiary alicyclic amines) is 1. The van der Waals surface area contributed by atoms with Crippen LogP contribution in [0, 0.1) is 5.41 Å². The van der Waals surface area contributed by atoms with Crippen molar-refractivity contribution in [2.45, 2.75) is 52.0 Å². The second-order valence-electron chi connectivity index (χ2n) is 4.93. The summed E-state index contributed by atoms with van der Waals surface area (Å²) in [6.07, 6.45) is 7.18. The van der Waals surface area contributed by atoms with Gasteiger partial charge in [-0.25, -0.2) is 0 Å². The van der Waals surface area contributed by atoms with E-state index in [4.69, 9.17) is 0 Å². The van der Waals surface area contributed by atoms with Gasteiger partial charge in [-0.05, 0) is 44.2 Å². The minimum absolute atomic E-state index is 0.672. The zero-order chi connectivity index (χ0) is 8.60. The summed E-state index contributed by atoms with van der Waals surface area (Å²) in [6, 6.07) is 0.992. The Labute approximate surface area is 76.1 Å². The van der Waals surface area contributed by atoms with E-state index in [-0.39, 0.29) is 0 Å². The topological polar surface area (TPSA) is 3.24 Å². The molecule has 0 aromatic carbocycles. The van der Waals surface area contributed by atoms with Crippen LogP contribution in [0.3, 0.4) is 0 Å². The monoisotopic (exact) mass is 167 g/mol. The maximum Gasteiger partial charge on any atom is 0.00964 e. The Kier molecular flexibility index (Phi) is 2.16. The van der Waals surface area contributed by atoms with Crippen molar-refractivity contribution < 1.29 is 0 Å². The van der Waals surface area contributed by atoms with Crippen molar-refractivity contribution in [2.24, 2.45) is 5.41 Å². The number of hydrogen-bond acceptors (Lipinski definition) is 1. The van der Waals surface area contributed by atoms with Crippen LogP contribution in [-0.2, 0) is 0 Å². The van der Waals surface area contributed by atoms with Crippen molar-refractivity contribution in [1.82, 2.24) is 4.90 Å². The zero-order valence-electron chi connectivity index (χ0n) is 8.47. The average molecular weight is 167 g/mol. The Morgan fingerprint density at radius 2 is 1.83 bits per heavy atom. The third kappa shape index (κ3) is 1.66. The first-order valence-electron chi connectivity index (χ1n) is 5.47. The van der Waals surface area contributed by atoms with Gasteiger partial charge in [-0.2, -0.15) is 0 Å². The van der Waals surface area contributed by atoms with Crippen molar-refractivity contribution in [2.75, 3.05) is 13.1 Å². The summed E-state index contributed by atoms with van der Waals surface area (Å²) in [7, 11) is 0. The van der Waals surface area contributed by atoms with Crippen LogP contribution in [0.2, 0.25) is 0 Å². The van der Waals surface area contributed by atoms with Crippen molar-refractivity contribution >= 4 is 0 Å². The molecule has 1 aliphatic carbocycles. The summed E-state index contributed by atoms with van der Waals surface area (Å²) < 4.78 is 0. The van der Waals surface area contributed by atoms with Gasteiger partial charge < -0.3 is 4.90 Å². The van der Waals surface area contributed by atoms with E-state index in [1.807, 2.05) is 0 Å². The molecule has 1 heteroatoms. The van der Waals surface area contributed by atoms with Crippen LogP contribution in [-0.4, -0.2) is 24.0 Å². The second-order valence-corrected chi connectivity index (χ2v) is 4.93. The minimum Gasteiger partial charge on any atom is -0.300 e. The van der Waals surface area contributed by atoms with Gasteiger partial charge in [0.25, 0.3) is 0 Å². The minimum atomic E-state index is 0.672. The molecule has 0 spiro atoms. The van der Waals surface area contributed by atoms with Crippen LogP contribution in [0.1, 0.15) is 46.0 Å². The van der Waals surface area contributed by atoms with Crippen LogP contribution in [0.4, 0.5) is 0 Å². The fourth-order valence-electron chi connectivity index (χ4n) is 2.22. The molecular formula is C11H21N. The highest BCUT2D eigenvalue weighted by Crippen LogP contribution is 2.38. The van der Waals surface area contributed by atoms with Crippen molar-refractivity contribution in [1.29, 1.82) is 0 Å². The van der Waals surface area contributed by atoms with Crippen molar-refractivity contribution in [3.63, 3.8) is 0 Å². The quantitative estimate of drug-likeness (QED) is 0.611. The van der Waals surface area contributed by atoms with E-state index in [0.717, 1.165) is 6.04 Å². The van der Waals surface area contributed by atoms with E-state index in [2.05, 4.69) is 18.7 Å². The van der Waals surface area contributed by atoms with Crippen LogP contribution in [0.15, 0.2) is 0 Å². The summed E-state index contributed by atoms with van der Waals surface area (Å²) in [5.41, 5.74) is 0.672. The molecule has 1 heterocycles. The summed E-state index contributed by atoms with van der Waals surface area (Å²) >= 11 is 0. The molecule has 0 N–H and O–H groups in total. The van der Waals surface area contributed by atoms with Gasteiger partial charge in [0.1, 0.15) is 0 Å². The smallest absolute Gasteiger partial charge is 0.00964 e. The first kappa shape index (κ1) is 8.55. The molecule has 1 saturated carbocycles. The maximum atomic E-state index is 2.71. The third-order valence-corrected chi connectivity index (χ3v) is 3.92. The second kappa shape index (κ2) is 3.02. The first-order chi connectivity index (χ1) is 5.73. The van der Waals surface area contributed by atoms with Crippen LogP contribution >= 0.6 is 0 Å². The van der Waals surface area contributed by atoms with Gasteiger partial charge >= 0.3 is 0 Å². The molecule has 0 bridgehead atoms. The Bertz CT molecular complexity index is 152. The summed E-state index contributed by atoms with van der Waals surface area (Å²) in [4.78, 5) is 2.71. The average Bonchev–Trinajstić information content (AvgIpc) is 2.89. The van der Waals surface area contributed by atoms with Gasteiger partial charge in [-0.3, -0.25) is 0 Å². The lowest BCUT2D eigenvalue weighted by molar-refractivity contribution is 0.109. The molecule has 1 aliphatic heterocycles. The lowest BCUT2D eigenvalue weighted by Gasteiger charge is -2.39. The summed E-state index contributed by atoms with van der Waals surface area (Å²) in [5.74, 6) is 0. The van der Waals surface area contributed by atoms with Crippen LogP contribution in [0.25, 0.3) is 0 Å². The van der Waals surface area contributed by atoms with Gasteiger partial charge in [0.05, 0.1) is 0 Å². The molecule has 70 valence electrons. The SMILES string of the molecule is CCC1(C)CCN(C2CC2)CC1. The standard InChI is InChI=1S/C11H21N/c1-3-11(2)6-8-12(9-7-11)10-4-5-10/h10H,3-9H2,1-2H3. The van der Waals surface area contributed by atoms with Gasteiger partial charge in [0.15, 0.2) is 0 Å². The van der Waals surface area contributed by atoms with E-state index in [0.29, 0.717) is 5.41 Å². The number of hydrogen-bond donors (Lipinski definition) is 0. The highest BCUT2D eigenvalue weighted by molar-refractivity contribution is 4.90. The van der Waals surface area contributed by atoms with E-state index < -0.39 is 0 Å². The largest absolute Gasteiger partial charge is 0.300 e. The molecule has 1 nitrogen and oxygen atoms in total. The molecule has 0 radical (unpaired) electrons. The van der Waals surface area contributed by atoms with Crippen LogP contribution < -0.4 is 0 Å². The van der Waals surface area contributed by atoms with Crippen molar-refractivity contribution in [3.05, 3.63) is 0 Å². The van der Waals surface area contributed by atoms with E-state index in [1.165, 1.54) is 45.2 Å². The first-order valence-corrected chi connectivity index (χ1v) is 5.47. The van der Waals surface area contributed by atoms with Gasteiger partial charge in [0, 0.05) is 6.04 Å². The van der Waals surface area contributed by atoms with Gasteiger partial charge in [0.2, 0.25) is 0 Å². The Morgan fingerprint density at radius 3 is 2.25 bits per heavy atom. The molecule has 1 saturated heterocycles. The van der Waals surface area contributed by atoms with Crippen LogP contribution in [0.5, 0.6) is 0 Å². The van der Waals surface area contributed by atoms with Gasteiger partial charge in [-0.1, -0.05) is 20.3 Å². The van der Waals surface area contributed by atoms with E-state index in [9.17, 15) is 0 Å². The number of piperidine rings is 1. The molecule has 2 fully saturated rings. The predicted octanol–water partition coefficient (Wildman–Crippen LogP) is 2.66. The maximum absolute atomic E-state index is 2.71. The van der Waals surface area contributed by atoms with Crippen molar-refractivity contribution in [3.8, 4) is 0 Å². The normalized spacial score (nSPS) is 30.5. The van der Waals surface area contributed by atoms with E-state index >= 15 is 0 Å². The Morgan fingerprint density at radius 1 is 1.25 bits per heavy atom. The highest BCUT2D eigenvalue weighted by Gasteiger charge is 2.35. The molecule has 0 aromatic heterocycles. The Balaban J connectivity index is 1.83. The summed E-state index contributed by atoms with van der Waals surface area (Å²) in [6.45, 7) is 7.54. The fourth-order valence-corrected chi connectivity index (χ4v) is 2.22. The molecule has 12 heavy (non-hydrogen) atoms. The fraction of sp³-hybridized carbons (Fsp3) is 1.00. The molecule has 0 atom stereocenters. The molecule has 0 amide bonds. The lowest BCUT2D eigenvalue weighted by atomic mass is 9.78. The third-order valence-electron chi connectivity index (χ3n) is 3.92. The lowest BCUT2D eigenvalue weighted by Crippen LogP contribution is -2.39. The Hall–Kier alpha value is -0.0400. The predicted molar refractivity (Wildman–Crippen MR) is 52.2 cm³/mol. The highest BCUT2D eigenvalue weighted by atomic mass is 15.2. The molecule has 2 aliphatic rings. The zero-order valence-corrected chi connectivity index (χ0v) is 8.47. The number of nitrogens with zero attached hydrogens (tertiary/aromatic N) is 1. The summed E-state index contributed by atoms with van der Waals surface area (Å²) in [5, 5.41) is 0. The molecule has 0 unspecified atom stereocenters. The molecule has 2 rings (SSSR count). The van der Waals surface area contributed by atoms with Gasteiger partial charge in [-0.15, -0.1) is 0 Å².